The number of rotatable bonds is 4. The van der Waals surface area contributed by atoms with E-state index in [1.54, 1.807) is 12.3 Å². The Hall–Kier alpha value is -1.86. The van der Waals surface area contributed by atoms with Gasteiger partial charge in [0.1, 0.15) is 5.82 Å². The van der Waals surface area contributed by atoms with Gasteiger partial charge in [-0.05, 0) is 26.0 Å². The third kappa shape index (κ3) is 4.30. The van der Waals surface area contributed by atoms with E-state index in [-0.39, 0.29) is 5.84 Å². The second-order valence-corrected chi connectivity index (χ2v) is 5.97. The predicted octanol–water partition coefficient (Wildman–Crippen LogP) is 0.0690. The van der Waals surface area contributed by atoms with Crippen molar-refractivity contribution >= 4 is 11.7 Å². The largest absolute Gasteiger partial charge is 0.409 e. The van der Waals surface area contributed by atoms with Crippen LogP contribution >= 0.6 is 0 Å². The molecule has 1 aromatic rings. The predicted molar refractivity (Wildman–Crippen MR) is 81.7 cm³/mol. The van der Waals surface area contributed by atoms with E-state index >= 15 is 0 Å². The summed E-state index contributed by atoms with van der Waals surface area (Å²) in [5.74, 6) is 0.941. The number of oxime groups is 1. The smallest absolute Gasteiger partial charge is 0.171 e. The van der Waals surface area contributed by atoms with Gasteiger partial charge in [0.2, 0.25) is 0 Å². The second-order valence-electron chi connectivity index (χ2n) is 5.97. The number of anilines is 1. The lowest BCUT2D eigenvalue weighted by Gasteiger charge is -2.37. The van der Waals surface area contributed by atoms with E-state index in [1.807, 2.05) is 19.9 Å². The molecule has 2 rings (SSSR count). The number of β-amino-alcohol motifs (C(OH)–C–C–N with tert-alkyl or cyclic N) is 1. The van der Waals surface area contributed by atoms with Crippen LogP contribution < -0.4 is 10.6 Å². The van der Waals surface area contributed by atoms with E-state index in [4.69, 9.17) is 10.9 Å². The van der Waals surface area contributed by atoms with Gasteiger partial charge in [-0.15, -0.1) is 0 Å². The van der Waals surface area contributed by atoms with Gasteiger partial charge in [-0.1, -0.05) is 5.16 Å². The molecule has 1 aliphatic heterocycles. The molecule has 21 heavy (non-hydrogen) atoms. The maximum Gasteiger partial charge on any atom is 0.171 e. The van der Waals surface area contributed by atoms with Crippen molar-refractivity contribution in [3.05, 3.63) is 23.9 Å². The van der Waals surface area contributed by atoms with Crippen molar-refractivity contribution < 1.29 is 10.3 Å². The van der Waals surface area contributed by atoms with Gasteiger partial charge < -0.3 is 20.9 Å². The molecule has 4 N–H and O–H groups in total. The molecule has 116 valence electrons. The third-order valence-corrected chi connectivity index (χ3v) is 3.46. The minimum absolute atomic E-state index is 0.0593. The number of nitrogens with zero attached hydrogens (tertiary/aromatic N) is 4. The fourth-order valence-corrected chi connectivity index (χ4v) is 2.46. The SMILES string of the molecule is CC(C)(O)CN1CCN(c2ccc(C(N)=NO)cn2)CC1. The number of piperazine rings is 1. The lowest BCUT2D eigenvalue weighted by Crippen LogP contribution is -2.50. The molecule has 1 fully saturated rings. The molecular weight excluding hydrogens is 270 g/mol. The van der Waals surface area contributed by atoms with Crippen LogP contribution in [-0.4, -0.2) is 64.4 Å². The summed E-state index contributed by atoms with van der Waals surface area (Å²) in [5.41, 5.74) is 5.45. The molecule has 0 spiro atoms. The Balaban J connectivity index is 1.93. The average molecular weight is 293 g/mol. The Bertz CT molecular complexity index is 487. The highest BCUT2D eigenvalue weighted by Crippen LogP contribution is 2.15. The van der Waals surface area contributed by atoms with Crippen LogP contribution in [0, 0.1) is 0 Å². The normalized spacial score (nSPS) is 18.0. The maximum atomic E-state index is 9.85. The second kappa shape index (κ2) is 6.28. The van der Waals surface area contributed by atoms with Gasteiger partial charge in [-0.3, -0.25) is 4.90 Å². The summed E-state index contributed by atoms with van der Waals surface area (Å²) in [6, 6.07) is 3.67. The van der Waals surface area contributed by atoms with E-state index in [0.29, 0.717) is 12.1 Å². The van der Waals surface area contributed by atoms with E-state index in [0.717, 1.165) is 32.0 Å². The summed E-state index contributed by atoms with van der Waals surface area (Å²) >= 11 is 0. The monoisotopic (exact) mass is 293 g/mol. The Morgan fingerprint density at radius 3 is 2.48 bits per heavy atom. The summed E-state index contributed by atoms with van der Waals surface area (Å²) in [4.78, 5) is 8.80. The van der Waals surface area contributed by atoms with Crippen LogP contribution in [0.2, 0.25) is 0 Å². The number of hydrogen-bond acceptors (Lipinski definition) is 6. The first-order valence-electron chi connectivity index (χ1n) is 7.03. The van der Waals surface area contributed by atoms with E-state index in [9.17, 15) is 5.11 Å². The number of pyridine rings is 1. The summed E-state index contributed by atoms with van der Waals surface area (Å²) in [5, 5.41) is 21.4. The van der Waals surface area contributed by atoms with Crippen molar-refractivity contribution in [2.24, 2.45) is 10.9 Å². The highest BCUT2D eigenvalue weighted by atomic mass is 16.4. The van der Waals surface area contributed by atoms with Crippen molar-refractivity contribution in [2.45, 2.75) is 19.4 Å². The van der Waals surface area contributed by atoms with Crippen LogP contribution in [0.5, 0.6) is 0 Å². The quantitative estimate of drug-likeness (QED) is 0.314. The fraction of sp³-hybridized carbons (Fsp3) is 0.571. The van der Waals surface area contributed by atoms with Crippen LogP contribution in [0.1, 0.15) is 19.4 Å². The zero-order valence-electron chi connectivity index (χ0n) is 12.5. The minimum Gasteiger partial charge on any atom is -0.409 e. The molecule has 0 amide bonds. The molecule has 1 aromatic heterocycles. The van der Waals surface area contributed by atoms with Crippen LogP contribution in [0.4, 0.5) is 5.82 Å². The molecule has 2 heterocycles. The molecule has 7 heteroatoms. The van der Waals surface area contributed by atoms with Gasteiger partial charge in [0.05, 0.1) is 5.60 Å². The molecule has 1 aliphatic rings. The molecule has 0 saturated carbocycles. The van der Waals surface area contributed by atoms with Gasteiger partial charge in [0, 0.05) is 44.5 Å². The van der Waals surface area contributed by atoms with Crippen molar-refractivity contribution in [2.75, 3.05) is 37.6 Å². The van der Waals surface area contributed by atoms with Gasteiger partial charge in [0.15, 0.2) is 5.84 Å². The maximum absolute atomic E-state index is 9.85. The molecular formula is C14H23N5O2. The first kappa shape index (κ1) is 15.5. The Kier molecular flexibility index (Phi) is 4.64. The first-order chi connectivity index (χ1) is 9.89. The van der Waals surface area contributed by atoms with Gasteiger partial charge >= 0.3 is 0 Å². The summed E-state index contributed by atoms with van der Waals surface area (Å²) in [6.07, 6.45) is 1.60. The lowest BCUT2D eigenvalue weighted by molar-refractivity contribution is 0.0344. The highest BCUT2D eigenvalue weighted by molar-refractivity contribution is 5.96. The molecule has 0 atom stereocenters. The van der Waals surface area contributed by atoms with Crippen molar-refractivity contribution in [3.63, 3.8) is 0 Å². The van der Waals surface area contributed by atoms with Gasteiger partial charge in [-0.2, -0.15) is 0 Å². The van der Waals surface area contributed by atoms with Crippen LogP contribution in [0.15, 0.2) is 23.5 Å². The number of nitrogens with two attached hydrogens (primary N) is 1. The molecule has 0 aliphatic carbocycles. The van der Waals surface area contributed by atoms with Crippen molar-refractivity contribution in [1.29, 1.82) is 0 Å². The van der Waals surface area contributed by atoms with Crippen molar-refractivity contribution in [3.8, 4) is 0 Å². The van der Waals surface area contributed by atoms with E-state index in [2.05, 4.69) is 19.9 Å². The zero-order chi connectivity index (χ0) is 15.5. The van der Waals surface area contributed by atoms with Crippen LogP contribution in [0.25, 0.3) is 0 Å². The molecule has 7 nitrogen and oxygen atoms in total. The van der Waals surface area contributed by atoms with Crippen LogP contribution in [-0.2, 0) is 0 Å². The third-order valence-electron chi connectivity index (χ3n) is 3.46. The summed E-state index contributed by atoms with van der Waals surface area (Å²) in [7, 11) is 0. The van der Waals surface area contributed by atoms with Gasteiger partial charge in [0.25, 0.3) is 0 Å². The topological polar surface area (TPSA) is 98.2 Å². The standard InChI is InChI=1S/C14H23N5O2/c1-14(2,20)10-18-5-7-19(8-6-18)12-4-3-11(9-16-12)13(15)17-21/h3-4,9,20-21H,5-8,10H2,1-2H3,(H2,15,17). The number of aromatic nitrogens is 1. The Morgan fingerprint density at radius 2 is 2.00 bits per heavy atom. The molecule has 0 radical (unpaired) electrons. The zero-order valence-corrected chi connectivity index (χ0v) is 12.5. The van der Waals surface area contributed by atoms with E-state index < -0.39 is 5.60 Å². The molecule has 0 bridgehead atoms. The molecule has 0 aromatic carbocycles. The van der Waals surface area contributed by atoms with Crippen molar-refractivity contribution in [1.82, 2.24) is 9.88 Å². The number of amidine groups is 1. The highest BCUT2D eigenvalue weighted by Gasteiger charge is 2.23. The molecule has 0 unspecified atom stereocenters. The number of aliphatic hydroxyl groups is 1. The summed E-state index contributed by atoms with van der Waals surface area (Å²) < 4.78 is 0. The van der Waals surface area contributed by atoms with Gasteiger partial charge in [-0.25, -0.2) is 4.98 Å². The average Bonchev–Trinajstić information content (AvgIpc) is 2.46. The number of hydrogen-bond donors (Lipinski definition) is 3. The Morgan fingerprint density at radius 1 is 1.33 bits per heavy atom. The Labute approximate surface area is 124 Å². The minimum atomic E-state index is -0.663. The first-order valence-corrected chi connectivity index (χ1v) is 7.03. The fourth-order valence-electron chi connectivity index (χ4n) is 2.46. The molecule has 1 saturated heterocycles. The lowest BCUT2D eigenvalue weighted by atomic mass is 10.1. The summed E-state index contributed by atoms with van der Waals surface area (Å²) in [6.45, 7) is 7.86. The van der Waals surface area contributed by atoms with Crippen LogP contribution in [0.3, 0.4) is 0 Å². The van der Waals surface area contributed by atoms with E-state index in [1.165, 1.54) is 0 Å².